The molecule has 4 rings (SSSR count). The van der Waals surface area contributed by atoms with Crippen LogP contribution in [0.3, 0.4) is 0 Å². The Hall–Kier alpha value is -1.22. The lowest BCUT2D eigenvalue weighted by molar-refractivity contribution is -0.165. The minimum Gasteiger partial charge on any atom is -0.479 e. The Morgan fingerprint density at radius 3 is 2.16 bits per heavy atom. The van der Waals surface area contributed by atoms with Gasteiger partial charge in [-0.25, -0.2) is 9.59 Å². The second-order valence-electron chi connectivity index (χ2n) is 10.1. The molecule has 8 nitrogen and oxygen atoms in total. The highest BCUT2D eigenvalue weighted by atomic mass is 16.4. The molecule has 7 atom stereocenters. The van der Waals surface area contributed by atoms with Gasteiger partial charge in [-0.15, -0.1) is 0 Å². The molecule has 4 saturated heterocycles. The number of aliphatic hydroxyl groups is 2. The number of piperidine rings is 4. The van der Waals surface area contributed by atoms with Gasteiger partial charge in [-0.05, 0) is 63.5 Å². The molecular weight excluding hydrogens is 412 g/mol. The molecule has 2 bridgehead atoms. The number of hydrogen-bond acceptors (Lipinski definition) is 6. The van der Waals surface area contributed by atoms with Crippen LogP contribution in [0.4, 0.5) is 0 Å². The molecule has 4 aliphatic heterocycles. The third kappa shape index (κ3) is 5.82. The molecular formula is C24H42N2O6. The van der Waals surface area contributed by atoms with Gasteiger partial charge in [0.15, 0.2) is 12.2 Å². The molecule has 0 saturated carbocycles. The number of unbranched alkanes of at least 4 members (excludes halogenated alkanes) is 2. The maximum atomic E-state index is 9.77. The molecule has 0 aromatic rings. The minimum absolute atomic E-state index is 0.930. The Bertz CT molecular complexity index is 612. The van der Waals surface area contributed by atoms with Crippen molar-refractivity contribution < 1.29 is 30.0 Å². The second-order valence-corrected chi connectivity index (χ2v) is 10.1. The highest BCUT2D eigenvalue weighted by Gasteiger charge is 2.50. The summed E-state index contributed by atoms with van der Waals surface area (Å²) < 4.78 is 0. The summed E-state index contributed by atoms with van der Waals surface area (Å²) in [5.41, 5.74) is 0. The third-order valence-corrected chi connectivity index (χ3v) is 8.17. The van der Waals surface area contributed by atoms with Gasteiger partial charge < -0.3 is 20.4 Å². The molecule has 0 spiro atoms. The van der Waals surface area contributed by atoms with E-state index in [9.17, 15) is 9.59 Å². The van der Waals surface area contributed by atoms with Crippen molar-refractivity contribution in [1.29, 1.82) is 0 Å². The van der Waals surface area contributed by atoms with Crippen LogP contribution >= 0.6 is 0 Å². The van der Waals surface area contributed by atoms with E-state index in [0.717, 1.165) is 30.0 Å². The molecule has 4 N–H and O–H groups in total. The molecule has 184 valence electrons. The van der Waals surface area contributed by atoms with E-state index in [4.69, 9.17) is 20.4 Å². The molecule has 32 heavy (non-hydrogen) atoms. The lowest BCUT2D eigenvalue weighted by atomic mass is 9.66. The first-order chi connectivity index (χ1) is 15.3. The van der Waals surface area contributed by atoms with Gasteiger partial charge >= 0.3 is 11.9 Å². The van der Waals surface area contributed by atoms with Crippen LogP contribution in [0.5, 0.6) is 0 Å². The number of aliphatic carboxylic acids is 2. The predicted octanol–water partition coefficient (Wildman–Crippen LogP) is 2.17. The van der Waals surface area contributed by atoms with Crippen molar-refractivity contribution in [2.75, 3.05) is 19.6 Å². The van der Waals surface area contributed by atoms with Gasteiger partial charge in [0.25, 0.3) is 0 Å². The first-order valence-corrected chi connectivity index (χ1v) is 12.7. The summed E-state index contributed by atoms with van der Waals surface area (Å²) in [5, 5.41) is 32.5. The topological polar surface area (TPSA) is 122 Å². The number of hydrogen-bond donors (Lipinski definition) is 4. The van der Waals surface area contributed by atoms with E-state index >= 15 is 0 Å². The summed E-state index contributed by atoms with van der Waals surface area (Å²) in [4.78, 5) is 25.5. The number of carbonyl (C=O) groups is 2. The number of nitrogens with zero attached hydrogens (tertiary/aromatic N) is 2. The summed E-state index contributed by atoms with van der Waals surface area (Å²) in [6.45, 7) is 6.61. The van der Waals surface area contributed by atoms with Crippen molar-refractivity contribution in [1.82, 2.24) is 9.80 Å². The van der Waals surface area contributed by atoms with E-state index in [1.165, 1.54) is 83.8 Å². The molecule has 0 aromatic heterocycles. The summed E-state index contributed by atoms with van der Waals surface area (Å²) in [6, 6.07) is 2.82. The quantitative estimate of drug-likeness (QED) is 0.432. The van der Waals surface area contributed by atoms with Crippen molar-refractivity contribution in [2.24, 2.45) is 11.8 Å². The molecule has 0 amide bonds. The fourth-order valence-corrected chi connectivity index (χ4v) is 6.70. The molecule has 0 aliphatic carbocycles. The molecule has 4 heterocycles. The van der Waals surface area contributed by atoms with Crippen molar-refractivity contribution in [3.63, 3.8) is 0 Å². The Kier molecular flexibility index (Phi) is 9.34. The number of fused-ring (bicyclic) bond motifs is 6. The van der Waals surface area contributed by atoms with E-state index in [-0.39, 0.29) is 0 Å². The Labute approximate surface area is 191 Å². The van der Waals surface area contributed by atoms with Gasteiger partial charge in [0.2, 0.25) is 0 Å². The largest absolute Gasteiger partial charge is 0.479 e. The lowest BCUT2D eigenvalue weighted by Crippen LogP contribution is -2.67. The maximum Gasteiger partial charge on any atom is 0.335 e. The van der Waals surface area contributed by atoms with Crippen LogP contribution in [-0.2, 0) is 9.59 Å². The number of carboxylic acids is 2. The zero-order valence-corrected chi connectivity index (χ0v) is 19.4. The van der Waals surface area contributed by atoms with Crippen LogP contribution in [0, 0.1) is 11.8 Å². The van der Waals surface area contributed by atoms with Gasteiger partial charge in [0.1, 0.15) is 0 Å². The van der Waals surface area contributed by atoms with Gasteiger partial charge in [0.05, 0.1) is 0 Å². The first-order valence-electron chi connectivity index (χ1n) is 12.7. The monoisotopic (exact) mass is 454 g/mol. The fourth-order valence-electron chi connectivity index (χ4n) is 6.70. The lowest BCUT2D eigenvalue weighted by Gasteiger charge is -2.60. The smallest absolute Gasteiger partial charge is 0.335 e. The van der Waals surface area contributed by atoms with E-state index in [1.807, 2.05) is 0 Å². The molecule has 0 radical (unpaired) electrons. The normalized spacial score (nSPS) is 34.3. The maximum absolute atomic E-state index is 9.77. The van der Waals surface area contributed by atoms with Gasteiger partial charge in [0, 0.05) is 24.7 Å². The van der Waals surface area contributed by atoms with Crippen LogP contribution < -0.4 is 0 Å². The summed E-state index contributed by atoms with van der Waals surface area (Å²) in [7, 11) is 0. The van der Waals surface area contributed by atoms with Crippen molar-refractivity contribution >= 4 is 11.9 Å². The highest BCUT2D eigenvalue weighted by molar-refractivity contribution is 5.83. The van der Waals surface area contributed by atoms with Crippen molar-refractivity contribution in [3.05, 3.63) is 0 Å². The predicted molar refractivity (Wildman–Crippen MR) is 120 cm³/mol. The highest BCUT2D eigenvalue weighted by Crippen LogP contribution is 2.47. The summed E-state index contributed by atoms with van der Waals surface area (Å²) in [6.07, 6.45) is 11.7. The Morgan fingerprint density at radius 1 is 0.906 bits per heavy atom. The van der Waals surface area contributed by atoms with Crippen LogP contribution in [0.25, 0.3) is 0 Å². The fraction of sp³-hybridized carbons (Fsp3) is 0.917. The zero-order chi connectivity index (χ0) is 23.3. The summed E-state index contributed by atoms with van der Waals surface area (Å²) >= 11 is 0. The first kappa shape index (κ1) is 25.4. The Balaban J connectivity index is 0.000000247. The van der Waals surface area contributed by atoms with Crippen molar-refractivity contribution in [2.45, 2.75) is 108 Å². The number of aliphatic hydroxyl groups excluding tert-OH is 2. The third-order valence-electron chi connectivity index (χ3n) is 8.17. The average molecular weight is 455 g/mol. The zero-order valence-electron chi connectivity index (χ0n) is 19.4. The molecule has 4 aliphatic rings. The van der Waals surface area contributed by atoms with Crippen LogP contribution in [0.2, 0.25) is 0 Å². The number of rotatable bonds is 7. The van der Waals surface area contributed by atoms with E-state index in [0.29, 0.717) is 0 Å². The SMILES string of the molecule is CCCCCC1[C@@H]2C[C@@H](CN3CCCC[C@H]23)[C@@H]2CCCCN12.O=C(O)C(O)C(O)C(=O)O. The standard InChI is InChI=1S/C20H36N2.C4H6O6/c1-2-3-4-11-20-17-14-16(18-9-6-8-13-22(18)20)15-21-12-7-5-10-19(17)21;5-1(3(7)8)2(6)4(9)10/h16-20H,2-15H2,1H3;1-2,5-6H,(H,7,8)(H,9,10)/t16-,17+,18-,19+,20?;/m0./s1. The van der Waals surface area contributed by atoms with E-state index in [2.05, 4.69) is 16.7 Å². The van der Waals surface area contributed by atoms with E-state index < -0.39 is 24.1 Å². The van der Waals surface area contributed by atoms with E-state index in [1.54, 1.807) is 6.42 Å². The molecule has 8 heteroatoms. The minimum atomic E-state index is -2.27. The van der Waals surface area contributed by atoms with Crippen LogP contribution in [0.15, 0.2) is 0 Å². The Morgan fingerprint density at radius 2 is 1.53 bits per heavy atom. The summed E-state index contributed by atoms with van der Waals surface area (Å²) in [5.74, 6) is -1.53. The number of carboxylic acid groups (broad SMARTS) is 2. The molecule has 3 unspecified atom stereocenters. The van der Waals surface area contributed by atoms with Gasteiger partial charge in [-0.3, -0.25) is 9.80 Å². The molecule has 0 aromatic carbocycles. The average Bonchev–Trinajstić information content (AvgIpc) is 2.80. The van der Waals surface area contributed by atoms with Crippen molar-refractivity contribution in [3.8, 4) is 0 Å². The van der Waals surface area contributed by atoms with Crippen LogP contribution in [-0.4, -0.2) is 92.1 Å². The van der Waals surface area contributed by atoms with Gasteiger partial charge in [-0.2, -0.15) is 0 Å². The molecule has 4 fully saturated rings. The van der Waals surface area contributed by atoms with Gasteiger partial charge in [-0.1, -0.05) is 39.0 Å². The van der Waals surface area contributed by atoms with Crippen LogP contribution in [0.1, 0.15) is 77.6 Å². The second kappa shape index (κ2) is 11.8.